The van der Waals surface area contributed by atoms with Gasteiger partial charge in [-0.05, 0) is 25.0 Å². The minimum atomic E-state index is -0.840. The van der Waals surface area contributed by atoms with Crippen molar-refractivity contribution in [1.82, 2.24) is 4.98 Å². The summed E-state index contributed by atoms with van der Waals surface area (Å²) in [6.45, 7) is -0.360. The van der Waals surface area contributed by atoms with Crippen LogP contribution in [0.3, 0.4) is 0 Å². The fourth-order valence-electron chi connectivity index (χ4n) is 1.80. The van der Waals surface area contributed by atoms with Crippen molar-refractivity contribution >= 4 is 22.4 Å². The number of hydrogen-bond donors (Lipinski definition) is 1. The van der Waals surface area contributed by atoms with Crippen LogP contribution in [-0.4, -0.2) is 17.5 Å². The number of nitrogens with one attached hydrogen (secondary N) is 1. The molecular formula is C14H12F2N2O2S. The fraction of sp³-hybridized carbons (Fsp3) is 0.286. The first-order valence-electron chi connectivity index (χ1n) is 6.45. The number of aromatic nitrogens is 1. The number of hydrogen-bond acceptors (Lipinski definition) is 4. The van der Waals surface area contributed by atoms with Crippen LogP contribution in [0.1, 0.15) is 24.5 Å². The first-order valence-corrected chi connectivity index (χ1v) is 7.33. The van der Waals surface area contributed by atoms with Crippen molar-refractivity contribution in [3.05, 3.63) is 40.9 Å². The van der Waals surface area contributed by atoms with Crippen LogP contribution in [0, 0.1) is 11.6 Å². The molecule has 1 aliphatic carbocycles. The molecule has 4 nitrogen and oxygen atoms in total. The molecule has 1 aliphatic rings. The molecule has 110 valence electrons. The van der Waals surface area contributed by atoms with E-state index in [1.165, 1.54) is 11.3 Å². The third-order valence-corrected chi connectivity index (χ3v) is 3.79. The number of amides is 1. The van der Waals surface area contributed by atoms with E-state index in [1.807, 2.05) is 5.38 Å². The number of thiazole rings is 1. The second-order valence-corrected chi connectivity index (χ2v) is 5.62. The van der Waals surface area contributed by atoms with Crippen molar-refractivity contribution in [3.63, 3.8) is 0 Å². The van der Waals surface area contributed by atoms with Gasteiger partial charge in [0, 0.05) is 17.4 Å². The fourth-order valence-corrected chi connectivity index (χ4v) is 2.61. The van der Waals surface area contributed by atoms with E-state index in [1.54, 1.807) is 0 Å². The Hall–Kier alpha value is -2.02. The standard InChI is InChI=1S/C14H12F2N2O2S/c15-9-3-4-12(10(16)5-9)20-6-13(19)18-14-17-11(7-21-14)8-1-2-8/h3-5,7-8H,1-2,6H2,(H,17,18,19). The van der Waals surface area contributed by atoms with Gasteiger partial charge in [-0.25, -0.2) is 13.8 Å². The van der Waals surface area contributed by atoms with Gasteiger partial charge >= 0.3 is 0 Å². The molecule has 7 heteroatoms. The quantitative estimate of drug-likeness (QED) is 0.921. The van der Waals surface area contributed by atoms with Crippen LogP contribution in [0.15, 0.2) is 23.6 Å². The van der Waals surface area contributed by atoms with Crippen molar-refractivity contribution in [2.45, 2.75) is 18.8 Å². The second-order valence-electron chi connectivity index (χ2n) is 4.76. The highest BCUT2D eigenvalue weighted by Gasteiger charge is 2.26. The van der Waals surface area contributed by atoms with Crippen molar-refractivity contribution in [2.75, 3.05) is 11.9 Å². The monoisotopic (exact) mass is 310 g/mol. The van der Waals surface area contributed by atoms with Crippen molar-refractivity contribution in [1.29, 1.82) is 0 Å². The first-order chi connectivity index (χ1) is 10.1. The van der Waals surface area contributed by atoms with E-state index in [0.717, 1.165) is 30.7 Å². The predicted octanol–water partition coefficient (Wildman–Crippen LogP) is 3.32. The van der Waals surface area contributed by atoms with Gasteiger partial charge in [0.1, 0.15) is 5.82 Å². The molecule has 1 aromatic carbocycles. The average Bonchev–Trinajstić information content (AvgIpc) is 3.19. The summed E-state index contributed by atoms with van der Waals surface area (Å²) < 4.78 is 31.1. The van der Waals surface area contributed by atoms with E-state index < -0.39 is 17.5 Å². The number of rotatable bonds is 5. The molecular weight excluding hydrogens is 298 g/mol. The lowest BCUT2D eigenvalue weighted by molar-refractivity contribution is -0.118. The summed E-state index contributed by atoms with van der Waals surface area (Å²) in [5, 5.41) is 5.02. The topological polar surface area (TPSA) is 51.2 Å². The van der Waals surface area contributed by atoms with Gasteiger partial charge < -0.3 is 4.74 Å². The number of ether oxygens (including phenoxy) is 1. The Bertz CT molecular complexity index is 671. The lowest BCUT2D eigenvalue weighted by atomic mass is 10.3. The molecule has 1 amide bonds. The van der Waals surface area contributed by atoms with Gasteiger partial charge in [-0.15, -0.1) is 11.3 Å². The van der Waals surface area contributed by atoms with Gasteiger partial charge in [-0.3, -0.25) is 10.1 Å². The van der Waals surface area contributed by atoms with E-state index in [9.17, 15) is 13.6 Å². The van der Waals surface area contributed by atoms with Gasteiger partial charge in [0.05, 0.1) is 5.69 Å². The Morgan fingerprint density at radius 3 is 2.95 bits per heavy atom. The molecule has 0 aliphatic heterocycles. The second kappa shape index (κ2) is 5.77. The van der Waals surface area contributed by atoms with Crippen molar-refractivity contribution in [3.8, 4) is 5.75 Å². The van der Waals surface area contributed by atoms with Crippen LogP contribution < -0.4 is 10.1 Å². The Labute approximate surface area is 123 Å². The number of benzene rings is 1. The summed E-state index contributed by atoms with van der Waals surface area (Å²) in [5.41, 5.74) is 1.00. The van der Waals surface area contributed by atoms with Gasteiger partial charge in [-0.2, -0.15) is 0 Å². The van der Waals surface area contributed by atoms with Crippen LogP contribution in [0.2, 0.25) is 0 Å². The molecule has 2 aromatic rings. The summed E-state index contributed by atoms with van der Waals surface area (Å²) >= 11 is 1.35. The molecule has 3 rings (SSSR count). The van der Waals surface area contributed by atoms with Crippen LogP contribution >= 0.6 is 11.3 Å². The first kappa shape index (κ1) is 13.9. The maximum absolute atomic E-state index is 13.3. The Morgan fingerprint density at radius 1 is 1.43 bits per heavy atom. The normalized spacial score (nSPS) is 14.0. The van der Waals surface area contributed by atoms with Crippen LogP contribution in [0.25, 0.3) is 0 Å². The van der Waals surface area contributed by atoms with E-state index in [0.29, 0.717) is 17.1 Å². The third-order valence-electron chi connectivity index (χ3n) is 3.02. The van der Waals surface area contributed by atoms with Crippen LogP contribution in [0.5, 0.6) is 5.75 Å². The molecule has 0 atom stereocenters. The number of nitrogens with zero attached hydrogens (tertiary/aromatic N) is 1. The van der Waals surface area contributed by atoms with E-state index in [4.69, 9.17) is 4.74 Å². The zero-order chi connectivity index (χ0) is 14.8. The molecule has 0 spiro atoms. The van der Waals surface area contributed by atoms with E-state index in [2.05, 4.69) is 10.3 Å². The summed E-state index contributed by atoms with van der Waals surface area (Å²) in [5.74, 6) is -1.61. The zero-order valence-corrected chi connectivity index (χ0v) is 11.8. The summed E-state index contributed by atoms with van der Waals surface area (Å²) in [7, 11) is 0. The molecule has 0 saturated heterocycles. The Balaban J connectivity index is 1.53. The zero-order valence-electron chi connectivity index (χ0n) is 10.9. The van der Waals surface area contributed by atoms with Gasteiger partial charge in [0.2, 0.25) is 0 Å². The molecule has 0 unspecified atom stereocenters. The summed E-state index contributed by atoms with van der Waals surface area (Å²) in [4.78, 5) is 16.0. The van der Waals surface area contributed by atoms with E-state index in [-0.39, 0.29) is 12.4 Å². The highest BCUT2D eigenvalue weighted by molar-refractivity contribution is 7.13. The van der Waals surface area contributed by atoms with Crippen molar-refractivity contribution < 1.29 is 18.3 Å². The molecule has 1 saturated carbocycles. The highest BCUT2D eigenvalue weighted by Crippen LogP contribution is 2.40. The Kier molecular flexibility index (Phi) is 3.83. The molecule has 1 aromatic heterocycles. The molecule has 1 heterocycles. The highest BCUT2D eigenvalue weighted by atomic mass is 32.1. The number of carbonyl (C=O) groups excluding carboxylic acids is 1. The third kappa shape index (κ3) is 3.55. The van der Waals surface area contributed by atoms with Gasteiger partial charge in [0.25, 0.3) is 5.91 Å². The van der Waals surface area contributed by atoms with Crippen LogP contribution in [0.4, 0.5) is 13.9 Å². The largest absolute Gasteiger partial charge is 0.481 e. The van der Waals surface area contributed by atoms with Gasteiger partial charge in [-0.1, -0.05) is 0 Å². The van der Waals surface area contributed by atoms with E-state index >= 15 is 0 Å². The predicted molar refractivity (Wildman–Crippen MR) is 74.6 cm³/mol. The minimum Gasteiger partial charge on any atom is -0.481 e. The maximum Gasteiger partial charge on any atom is 0.264 e. The van der Waals surface area contributed by atoms with Crippen molar-refractivity contribution in [2.24, 2.45) is 0 Å². The average molecular weight is 310 g/mol. The summed E-state index contributed by atoms with van der Waals surface area (Å²) in [6, 6.07) is 2.92. The molecule has 1 N–H and O–H groups in total. The lowest BCUT2D eigenvalue weighted by Crippen LogP contribution is -2.20. The number of anilines is 1. The summed E-state index contributed by atoms with van der Waals surface area (Å²) in [6.07, 6.45) is 2.29. The minimum absolute atomic E-state index is 0.163. The smallest absolute Gasteiger partial charge is 0.264 e. The Morgan fingerprint density at radius 2 is 2.24 bits per heavy atom. The number of carbonyl (C=O) groups is 1. The molecule has 1 fully saturated rings. The molecule has 0 radical (unpaired) electrons. The lowest BCUT2D eigenvalue weighted by Gasteiger charge is -2.06. The van der Waals surface area contributed by atoms with Crippen LogP contribution in [-0.2, 0) is 4.79 Å². The SMILES string of the molecule is O=C(COc1ccc(F)cc1F)Nc1nc(C2CC2)cs1. The number of halogens is 2. The maximum atomic E-state index is 13.3. The van der Waals surface area contributed by atoms with Gasteiger partial charge in [0.15, 0.2) is 23.3 Å². The molecule has 21 heavy (non-hydrogen) atoms. The molecule has 0 bridgehead atoms.